The Morgan fingerprint density at radius 2 is 2.00 bits per heavy atom. The van der Waals surface area contributed by atoms with Crippen molar-refractivity contribution in [3.05, 3.63) is 57.9 Å². The molecule has 0 aliphatic carbocycles. The van der Waals surface area contributed by atoms with Gasteiger partial charge in [0.05, 0.1) is 4.47 Å². The van der Waals surface area contributed by atoms with Crippen molar-refractivity contribution in [3.63, 3.8) is 0 Å². The number of benzene rings is 1. The lowest BCUT2D eigenvalue weighted by molar-refractivity contribution is 0.627. The Bertz CT molecular complexity index is 526. The molecule has 1 heterocycles. The standard InChI is InChI=1S/C14H14BrFN2/c1-10-8-13(15)14(18-9-10)17-7-6-11-2-4-12(16)5-3-11/h2-5,8-9H,6-7H2,1H3,(H,17,18). The van der Waals surface area contributed by atoms with Crippen LogP contribution in [0.2, 0.25) is 0 Å². The Labute approximate surface area is 114 Å². The summed E-state index contributed by atoms with van der Waals surface area (Å²) in [5.41, 5.74) is 2.22. The molecule has 0 aliphatic rings. The fourth-order valence-corrected chi connectivity index (χ4v) is 2.24. The van der Waals surface area contributed by atoms with Crippen molar-refractivity contribution < 1.29 is 4.39 Å². The molecule has 0 bridgehead atoms. The van der Waals surface area contributed by atoms with Crippen molar-refractivity contribution >= 4 is 21.7 Å². The largest absolute Gasteiger partial charge is 0.369 e. The highest BCUT2D eigenvalue weighted by molar-refractivity contribution is 9.10. The summed E-state index contributed by atoms with van der Waals surface area (Å²) >= 11 is 3.47. The van der Waals surface area contributed by atoms with Gasteiger partial charge in [0.15, 0.2) is 0 Å². The molecule has 18 heavy (non-hydrogen) atoms. The molecule has 0 amide bonds. The van der Waals surface area contributed by atoms with Gasteiger partial charge >= 0.3 is 0 Å². The van der Waals surface area contributed by atoms with Gasteiger partial charge in [0, 0.05) is 12.7 Å². The summed E-state index contributed by atoms with van der Waals surface area (Å²) in [4.78, 5) is 4.31. The van der Waals surface area contributed by atoms with Crippen LogP contribution in [0.15, 0.2) is 41.0 Å². The zero-order chi connectivity index (χ0) is 13.0. The molecule has 0 saturated carbocycles. The van der Waals surface area contributed by atoms with Crippen LogP contribution >= 0.6 is 15.9 Å². The first-order valence-electron chi connectivity index (χ1n) is 5.75. The molecule has 2 rings (SSSR count). The molecule has 94 valence electrons. The predicted octanol–water partition coefficient (Wildman–Crippen LogP) is 3.95. The van der Waals surface area contributed by atoms with Crippen LogP contribution < -0.4 is 5.32 Å². The maximum atomic E-state index is 12.7. The van der Waals surface area contributed by atoms with Crippen LogP contribution in [-0.4, -0.2) is 11.5 Å². The van der Waals surface area contributed by atoms with Crippen molar-refractivity contribution in [1.82, 2.24) is 4.98 Å². The summed E-state index contributed by atoms with van der Waals surface area (Å²) in [5, 5.41) is 3.25. The molecule has 0 spiro atoms. The van der Waals surface area contributed by atoms with Crippen molar-refractivity contribution in [3.8, 4) is 0 Å². The van der Waals surface area contributed by atoms with Crippen LogP contribution in [0.4, 0.5) is 10.2 Å². The molecular weight excluding hydrogens is 295 g/mol. The van der Waals surface area contributed by atoms with Gasteiger partial charge in [0.2, 0.25) is 0 Å². The zero-order valence-electron chi connectivity index (χ0n) is 10.1. The van der Waals surface area contributed by atoms with E-state index in [1.54, 1.807) is 12.1 Å². The second-order valence-corrected chi connectivity index (χ2v) is 5.00. The Morgan fingerprint density at radius 3 is 2.67 bits per heavy atom. The summed E-state index contributed by atoms with van der Waals surface area (Å²) in [6.07, 6.45) is 2.66. The van der Waals surface area contributed by atoms with Gasteiger partial charge in [-0.25, -0.2) is 9.37 Å². The molecule has 2 aromatic rings. The van der Waals surface area contributed by atoms with Gasteiger partial charge in [-0.05, 0) is 58.6 Å². The lowest BCUT2D eigenvalue weighted by atomic mass is 10.1. The maximum Gasteiger partial charge on any atom is 0.140 e. The van der Waals surface area contributed by atoms with E-state index < -0.39 is 0 Å². The number of rotatable bonds is 4. The first kappa shape index (κ1) is 13.0. The first-order valence-corrected chi connectivity index (χ1v) is 6.55. The molecule has 1 aromatic heterocycles. The third-order valence-electron chi connectivity index (χ3n) is 2.60. The van der Waals surface area contributed by atoms with E-state index in [9.17, 15) is 4.39 Å². The first-order chi connectivity index (χ1) is 8.65. The third-order valence-corrected chi connectivity index (χ3v) is 3.20. The molecule has 0 fully saturated rings. The highest BCUT2D eigenvalue weighted by Gasteiger charge is 2.01. The summed E-state index contributed by atoms with van der Waals surface area (Å²) in [6, 6.07) is 8.58. The Balaban J connectivity index is 1.90. The number of halogens is 2. The Morgan fingerprint density at radius 1 is 1.28 bits per heavy atom. The lowest BCUT2D eigenvalue weighted by Gasteiger charge is -2.08. The molecule has 4 heteroatoms. The summed E-state index contributed by atoms with van der Waals surface area (Å²) in [7, 11) is 0. The van der Waals surface area contributed by atoms with Gasteiger partial charge in [-0.1, -0.05) is 12.1 Å². The quantitative estimate of drug-likeness (QED) is 0.925. The second-order valence-electron chi connectivity index (χ2n) is 4.15. The third kappa shape index (κ3) is 3.53. The minimum absolute atomic E-state index is 0.199. The molecule has 2 nitrogen and oxygen atoms in total. The van der Waals surface area contributed by atoms with Crippen molar-refractivity contribution in [2.75, 3.05) is 11.9 Å². The zero-order valence-corrected chi connectivity index (χ0v) is 11.7. The number of nitrogens with one attached hydrogen (secondary N) is 1. The lowest BCUT2D eigenvalue weighted by Crippen LogP contribution is -2.07. The SMILES string of the molecule is Cc1cnc(NCCc2ccc(F)cc2)c(Br)c1. The van der Waals surface area contributed by atoms with E-state index in [1.165, 1.54) is 12.1 Å². The van der Waals surface area contributed by atoms with E-state index in [4.69, 9.17) is 0 Å². The van der Waals surface area contributed by atoms with E-state index in [1.807, 2.05) is 19.2 Å². The average molecular weight is 309 g/mol. The second kappa shape index (κ2) is 5.96. The number of hydrogen-bond donors (Lipinski definition) is 1. The van der Waals surface area contributed by atoms with E-state index in [-0.39, 0.29) is 5.82 Å². The van der Waals surface area contributed by atoms with Gasteiger partial charge in [-0.2, -0.15) is 0 Å². The molecule has 0 saturated heterocycles. The molecule has 0 atom stereocenters. The number of aromatic nitrogens is 1. The van der Waals surface area contributed by atoms with Crippen LogP contribution in [-0.2, 0) is 6.42 Å². The van der Waals surface area contributed by atoms with Crippen LogP contribution in [0, 0.1) is 12.7 Å². The molecule has 0 aliphatic heterocycles. The van der Waals surface area contributed by atoms with E-state index in [0.29, 0.717) is 0 Å². The highest BCUT2D eigenvalue weighted by Crippen LogP contribution is 2.20. The minimum atomic E-state index is -0.199. The number of aryl methyl sites for hydroxylation is 1. The molecular formula is C14H14BrFN2. The predicted molar refractivity (Wildman–Crippen MR) is 75.3 cm³/mol. The van der Waals surface area contributed by atoms with Crippen molar-refractivity contribution in [2.45, 2.75) is 13.3 Å². The van der Waals surface area contributed by atoms with Crippen LogP contribution in [0.5, 0.6) is 0 Å². The molecule has 0 radical (unpaired) electrons. The normalized spacial score (nSPS) is 10.4. The topological polar surface area (TPSA) is 24.9 Å². The van der Waals surface area contributed by atoms with Gasteiger partial charge in [-0.3, -0.25) is 0 Å². The van der Waals surface area contributed by atoms with Crippen LogP contribution in [0.25, 0.3) is 0 Å². The molecule has 1 aromatic carbocycles. The van der Waals surface area contributed by atoms with E-state index in [0.717, 1.165) is 34.4 Å². The molecule has 1 N–H and O–H groups in total. The minimum Gasteiger partial charge on any atom is -0.369 e. The van der Waals surface area contributed by atoms with Crippen LogP contribution in [0.3, 0.4) is 0 Å². The number of nitrogens with zero attached hydrogens (tertiary/aromatic N) is 1. The maximum absolute atomic E-state index is 12.7. The Kier molecular flexibility index (Phi) is 4.31. The van der Waals surface area contributed by atoms with Crippen molar-refractivity contribution in [2.24, 2.45) is 0 Å². The number of pyridine rings is 1. The van der Waals surface area contributed by atoms with Crippen molar-refractivity contribution in [1.29, 1.82) is 0 Å². The average Bonchev–Trinajstić information content (AvgIpc) is 2.34. The highest BCUT2D eigenvalue weighted by atomic mass is 79.9. The summed E-state index contributed by atoms with van der Waals surface area (Å²) < 4.78 is 13.7. The van der Waals surface area contributed by atoms with E-state index in [2.05, 4.69) is 26.2 Å². The summed E-state index contributed by atoms with van der Waals surface area (Å²) in [6.45, 7) is 2.76. The van der Waals surface area contributed by atoms with Gasteiger partial charge < -0.3 is 5.32 Å². The van der Waals surface area contributed by atoms with E-state index >= 15 is 0 Å². The monoisotopic (exact) mass is 308 g/mol. The fraction of sp³-hybridized carbons (Fsp3) is 0.214. The van der Waals surface area contributed by atoms with Gasteiger partial charge in [0.25, 0.3) is 0 Å². The number of hydrogen-bond acceptors (Lipinski definition) is 2. The molecule has 0 unspecified atom stereocenters. The van der Waals surface area contributed by atoms with Gasteiger partial charge in [-0.15, -0.1) is 0 Å². The van der Waals surface area contributed by atoms with Crippen LogP contribution in [0.1, 0.15) is 11.1 Å². The van der Waals surface area contributed by atoms with Gasteiger partial charge in [0.1, 0.15) is 11.6 Å². The smallest absolute Gasteiger partial charge is 0.140 e. The number of anilines is 1. The Hall–Kier alpha value is -1.42. The fourth-order valence-electron chi connectivity index (χ4n) is 1.64. The summed E-state index contributed by atoms with van der Waals surface area (Å²) in [5.74, 6) is 0.636.